The van der Waals surface area contributed by atoms with Crippen LogP contribution in [0.2, 0.25) is 0 Å². The van der Waals surface area contributed by atoms with Crippen molar-refractivity contribution in [3.63, 3.8) is 0 Å². The van der Waals surface area contributed by atoms with Crippen LogP contribution in [0.3, 0.4) is 0 Å². The minimum atomic E-state index is -0.241. The first-order valence-electron chi connectivity index (χ1n) is 4.23. The normalized spacial score (nSPS) is 10.4. The van der Waals surface area contributed by atoms with Crippen molar-refractivity contribution in [1.82, 2.24) is 0 Å². The van der Waals surface area contributed by atoms with Crippen LogP contribution in [0.15, 0.2) is 35.0 Å². The highest BCUT2D eigenvalue weighted by atomic mass is 32.1. The van der Waals surface area contributed by atoms with Crippen molar-refractivity contribution in [1.29, 1.82) is 0 Å². The van der Waals surface area contributed by atoms with Crippen molar-refractivity contribution in [2.75, 3.05) is 0 Å². The van der Waals surface area contributed by atoms with Gasteiger partial charge in [0, 0.05) is 0 Å². The van der Waals surface area contributed by atoms with Gasteiger partial charge in [-0.25, -0.2) is 4.39 Å². The second-order valence-electron chi connectivity index (χ2n) is 2.98. The third-order valence-corrected chi connectivity index (χ3v) is 2.86. The molecule has 1 nitrogen and oxygen atoms in total. The summed E-state index contributed by atoms with van der Waals surface area (Å²) in [5, 5.41) is 12.9. The van der Waals surface area contributed by atoms with Gasteiger partial charge in [-0.2, -0.15) is 11.3 Å². The standard InChI is InChI=1S/C11H9FOS/c12-10-3-1-8(2-4-10)11-7-14-6-9(11)5-13/h1-4,6-7,13H,5H2. The topological polar surface area (TPSA) is 20.2 Å². The Morgan fingerprint density at radius 3 is 2.50 bits per heavy atom. The highest BCUT2D eigenvalue weighted by Gasteiger charge is 2.04. The Bertz CT molecular complexity index is 419. The highest BCUT2D eigenvalue weighted by Crippen LogP contribution is 2.27. The molecule has 0 aliphatic carbocycles. The predicted molar refractivity (Wildman–Crippen MR) is 55.6 cm³/mol. The van der Waals surface area contributed by atoms with E-state index in [0.717, 1.165) is 16.7 Å². The lowest BCUT2D eigenvalue weighted by Gasteiger charge is -2.00. The van der Waals surface area contributed by atoms with Gasteiger partial charge < -0.3 is 5.11 Å². The molecule has 14 heavy (non-hydrogen) atoms. The molecule has 0 saturated heterocycles. The molecule has 0 atom stereocenters. The predicted octanol–water partition coefficient (Wildman–Crippen LogP) is 3.05. The van der Waals surface area contributed by atoms with Gasteiger partial charge >= 0.3 is 0 Å². The van der Waals surface area contributed by atoms with Crippen LogP contribution >= 0.6 is 11.3 Å². The molecular weight excluding hydrogens is 199 g/mol. The van der Waals surface area contributed by atoms with E-state index >= 15 is 0 Å². The van der Waals surface area contributed by atoms with Crippen molar-refractivity contribution in [3.8, 4) is 11.1 Å². The summed E-state index contributed by atoms with van der Waals surface area (Å²) in [6, 6.07) is 6.29. The van der Waals surface area contributed by atoms with Gasteiger partial charge in [-0.3, -0.25) is 0 Å². The monoisotopic (exact) mass is 208 g/mol. The Hall–Kier alpha value is -1.19. The van der Waals surface area contributed by atoms with Gasteiger partial charge in [0.25, 0.3) is 0 Å². The van der Waals surface area contributed by atoms with Crippen LogP contribution in [-0.4, -0.2) is 5.11 Å². The van der Waals surface area contributed by atoms with E-state index in [2.05, 4.69) is 0 Å². The number of rotatable bonds is 2. The highest BCUT2D eigenvalue weighted by molar-refractivity contribution is 7.08. The molecule has 0 spiro atoms. The first-order chi connectivity index (χ1) is 6.81. The van der Waals surface area contributed by atoms with Gasteiger partial charge in [-0.1, -0.05) is 12.1 Å². The van der Waals surface area contributed by atoms with Crippen LogP contribution in [0.25, 0.3) is 11.1 Å². The molecule has 1 N–H and O–H groups in total. The third kappa shape index (κ3) is 1.69. The molecule has 1 aromatic carbocycles. The summed E-state index contributed by atoms with van der Waals surface area (Å²) < 4.78 is 12.7. The molecule has 0 saturated carbocycles. The van der Waals surface area contributed by atoms with E-state index in [1.165, 1.54) is 23.5 Å². The van der Waals surface area contributed by atoms with Crippen LogP contribution < -0.4 is 0 Å². The number of thiophene rings is 1. The quantitative estimate of drug-likeness (QED) is 0.804. The van der Waals surface area contributed by atoms with Crippen molar-refractivity contribution < 1.29 is 9.50 Å². The molecule has 0 aliphatic rings. The number of benzene rings is 1. The van der Waals surface area contributed by atoms with E-state index in [1.807, 2.05) is 10.8 Å². The van der Waals surface area contributed by atoms with Gasteiger partial charge in [0.15, 0.2) is 0 Å². The van der Waals surface area contributed by atoms with Gasteiger partial charge in [-0.05, 0) is 39.6 Å². The molecule has 1 heterocycles. The second kappa shape index (κ2) is 3.90. The molecule has 0 radical (unpaired) electrons. The van der Waals surface area contributed by atoms with Crippen LogP contribution in [0, 0.1) is 5.82 Å². The van der Waals surface area contributed by atoms with E-state index < -0.39 is 0 Å². The van der Waals surface area contributed by atoms with Crippen molar-refractivity contribution in [2.24, 2.45) is 0 Å². The van der Waals surface area contributed by atoms with Crippen molar-refractivity contribution >= 4 is 11.3 Å². The third-order valence-electron chi connectivity index (χ3n) is 2.07. The number of aliphatic hydroxyl groups is 1. The summed E-state index contributed by atoms with van der Waals surface area (Å²) in [6.07, 6.45) is 0. The number of hydrogen-bond acceptors (Lipinski definition) is 2. The van der Waals surface area contributed by atoms with Crippen LogP contribution in [0.1, 0.15) is 5.56 Å². The summed E-state index contributed by atoms with van der Waals surface area (Å²) in [4.78, 5) is 0. The van der Waals surface area contributed by atoms with Crippen molar-refractivity contribution in [2.45, 2.75) is 6.61 Å². The van der Waals surface area contributed by atoms with Crippen LogP contribution in [-0.2, 0) is 6.61 Å². The Morgan fingerprint density at radius 2 is 1.86 bits per heavy atom. The smallest absolute Gasteiger partial charge is 0.123 e. The SMILES string of the molecule is OCc1cscc1-c1ccc(F)cc1. The molecule has 3 heteroatoms. The van der Waals surface area contributed by atoms with Gasteiger partial charge in [0.2, 0.25) is 0 Å². The average Bonchev–Trinajstić information content (AvgIpc) is 2.67. The first kappa shape index (κ1) is 9.37. The summed E-state index contributed by atoms with van der Waals surface area (Å²) in [5.74, 6) is -0.241. The van der Waals surface area contributed by atoms with Crippen LogP contribution in [0.4, 0.5) is 4.39 Å². The van der Waals surface area contributed by atoms with E-state index in [9.17, 15) is 4.39 Å². The fourth-order valence-electron chi connectivity index (χ4n) is 1.33. The fourth-order valence-corrected chi connectivity index (χ4v) is 2.19. The Kier molecular flexibility index (Phi) is 2.61. The molecule has 0 unspecified atom stereocenters. The van der Waals surface area contributed by atoms with E-state index in [0.29, 0.717) is 0 Å². The minimum Gasteiger partial charge on any atom is -0.392 e. The van der Waals surface area contributed by atoms with E-state index in [4.69, 9.17) is 5.11 Å². The minimum absolute atomic E-state index is 0.0240. The Balaban J connectivity index is 2.44. The Morgan fingerprint density at radius 1 is 1.14 bits per heavy atom. The first-order valence-corrected chi connectivity index (χ1v) is 5.17. The number of aliphatic hydroxyl groups excluding tert-OH is 1. The lowest BCUT2D eigenvalue weighted by molar-refractivity contribution is 0.283. The molecule has 0 bridgehead atoms. The zero-order valence-corrected chi connectivity index (χ0v) is 8.22. The molecule has 72 valence electrons. The molecule has 0 fully saturated rings. The van der Waals surface area contributed by atoms with Crippen LogP contribution in [0.5, 0.6) is 0 Å². The summed E-state index contributed by atoms with van der Waals surface area (Å²) in [7, 11) is 0. The zero-order valence-electron chi connectivity index (χ0n) is 7.40. The average molecular weight is 208 g/mol. The maximum Gasteiger partial charge on any atom is 0.123 e. The molecule has 1 aromatic heterocycles. The lowest BCUT2D eigenvalue weighted by Crippen LogP contribution is -1.83. The zero-order chi connectivity index (χ0) is 9.97. The maximum absolute atomic E-state index is 12.7. The lowest BCUT2D eigenvalue weighted by atomic mass is 10.1. The number of hydrogen-bond donors (Lipinski definition) is 1. The molecule has 0 amide bonds. The molecule has 0 aliphatic heterocycles. The second-order valence-corrected chi connectivity index (χ2v) is 3.72. The number of halogens is 1. The fraction of sp³-hybridized carbons (Fsp3) is 0.0909. The summed E-state index contributed by atoms with van der Waals surface area (Å²) in [5.41, 5.74) is 2.82. The van der Waals surface area contributed by atoms with E-state index in [-0.39, 0.29) is 12.4 Å². The van der Waals surface area contributed by atoms with Gasteiger partial charge in [0.05, 0.1) is 6.61 Å². The largest absolute Gasteiger partial charge is 0.392 e. The van der Waals surface area contributed by atoms with Gasteiger partial charge in [0.1, 0.15) is 5.82 Å². The van der Waals surface area contributed by atoms with E-state index in [1.54, 1.807) is 12.1 Å². The summed E-state index contributed by atoms with van der Waals surface area (Å²) >= 11 is 1.54. The maximum atomic E-state index is 12.7. The molecular formula is C11H9FOS. The van der Waals surface area contributed by atoms with Crippen molar-refractivity contribution in [3.05, 3.63) is 46.4 Å². The molecule has 2 aromatic rings. The van der Waals surface area contributed by atoms with Gasteiger partial charge in [-0.15, -0.1) is 0 Å². The molecule has 2 rings (SSSR count). The Labute approximate surface area is 85.5 Å². The summed E-state index contributed by atoms with van der Waals surface area (Å²) in [6.45, 7) is 0.0240.